The molecule has 0 aromatic heterocycles. The van der Waals surface area contributed by atoms with Gasteiger partial charge in [-0.25, -0.2) is 0 Å². The summed E-state index contributed by atoms with van der Waals surface area (Å²) in [7, 11) is 0. The number of hydrogen-bond donors (Lipinski definition) is 0. The van der Waals surface area contributed by atoms with Crippen LogP contribution in [0.15, 0.2) is 18.2 Å². The molecule has 1 aromatic carbocycles. The minimum atomic E-state index is -0.549. The van der Waals surface area contributed by atoms with Gasteiger partial charge < -0.3 is 9.64 Å². The lowest BCUT2D eigenvalue weighted by atomic mass is 10.2. The lowest BCUT2D eigenvalue weighted by Gasteiger charge is -2.29. The van der Waals surface area contributed by atoms with E-state index >= 15 is 0 Å². The van der Waals surface area contributed by atoms with Crippen LogP contribution in [0, 0.1) is 10.1 Å². The summed E-state index contributed by atoms with van der Waals surface area (Å²) in [5, 5.41) is 10.7. The summed E-state index contributed by atoms with van der Waals surface area (Å²) >= 11 is 5.85. The minimum Gasteiger partial charge on any atom is -0.484 e. The normalized spacial score (nSPS) is 18.0. The van der Waals surface area contributed by atoms with Crippen molar-refractivity contribution in [1.82, 2.24) is 4.90 Å². The van der Waals surface area contributed by atoms with E-state index in [-0.39, 0.29) is 23.2 Å². The standard InChI is InChI=1S/C16H19ClN2O4/c17-14-9-13(7-8-15(14)19(21)22)23-10-16(20)18(12-5-6-12)11-3-1-2-4-11/h7-9,11-12H,1-6,10H2. The average molecular weight is 339 g/mol. The number of ether oxygens (including phenoxy) is 1. The lowest BCUT2D eigenvalue weighted by molar-refractivity contribution is -0.384. The van der Waals surface area contributed by atoms with Gasteiger partial charge >= 0.3 is 0 Å². The van der Waals surface area contributed by atoms with Crippen LogP contribution in [0.4, 0.5) is 5.69 Å². The number of amides is 1. The molecule has 0 heterocycles. The summed E-state index contributed by atoms with van der Waals surface area (Å²) < 4.78 is 5.50. The van der Waals surface area contributed by atoms with Gasteiger partial charge in [-0.05, 0) is 31.7 Å². The molecule has 0 saturated heterocycles. The highest BCUT2D eigenvalue weighted by Gasteiger charge is 2.38. The molecule has 3 rings (SSSR count). The molecule has 23 heavy (non-hydrogen) atoms. The van der Waals surface area contributed by atoms with Gasteiger partial charge in [-0.15, -0.1) is 0 Å². The molecule has 2 saturated carbocycles. The smallest absolute Gasteiger partial charge is 0.288 e. The third-order valence-electron chi connectivity index (χ3n) is 4.42. The molecule has 0 unspecified atom stereocenters. The van der Waals surface area contributed by atoms with E-state index in [2.05, 4.69) is 0 Å². The maximum atomic E-state index is 12.5. The molecule has 2 fully saturated rings. The van der Waals surface area contributed by atoms with Crippen molar-refractivity contribution >= 4 is 23.2 Å². The van der Waals surface area contributed by atoms with E-state index in [9.17, 15) is 14.9 Å². The zero-order valence-corrected chi connectivity index (χ0v) is 13.5. The number of nitro benzene ring substituents is 1. The quantitative estimate of drug-likeness (QED) is 0.587. The van der Waals surface area contributed by atoms with Crippen molar-refractivity contribution < 1.29 is 14.5 Å². The lowest BCUT2D eigenvalue weighted by Crippen LogP contribution is -2.43. The van der Waals surface area contributed by atoms with Gasteiger partial charge in [0.05, 0.1) is 4.92 Å². The maximum Gasteiger partial charge on any atom is 0.288 e. The number of carbonyl (C=O) groups is 1. The molecular formula is C16H19ClN2O4. The number of rotatable bonds is 6. The Kier molecular flexibility index (Phi) is 4.71. The van der Waals surface area contributed by atoms with Gasteiger partial charge in [0.2, 0.25) is 0 Å². The van der Waals surface area contributed by atoms with Crippen LogP contribution in [0.2, 0.25) is 5.02 Å². The number of nitrogens with zero attached hydrogens (tertiary/aromatic N) is 2. The van der Waals surface area contributed by atoms with Crippen LogP contribution < -0.4 is 4.74 Å². The first-order valence-electron chi connectivity index (χ1n) is 7.94. The van der Waals surface area contributed by atoms with E-state index in [4.69, 9.17) is 16.3 Å². The number of carbonyl (C=O) groups excluding carboxylic acids is 1. The highest BCUT2D eigenvalue weighted by atomic mass is 35.5. The highest BCUT2D eigenvalue weighted by Crippen LogP contribution is 2.34. The molecule has 124 valence electrons. The van der Waals surface area contributed by atoms with Crippen LogP contribution in [0.3, 0.4) is 0 Å². The van der Waals surface area contributed by atoms with Crippen LogP contribution in [-0.4, -0.2) is 34.4 Å². The van der Waals surface area contributed by atoms with Crippen LogP contribution in [0.5, 0.6) is 5.75 Å². The predicted octanol–water partition coefficient (Wildman–Crippen LogP) is 3.56. The largest absolute Gasteiger partial charge is 0.484 e. The molecule has 7 heteroatoms. The first-order chi connectivity index (χ1) is 11.1. The Morgan fingerprint density at radius 3 is 2.48 bits per heavy atom. The van der Waals surface area contributed by atoms with Gasteiger partial charge in [0, 0.05) is 24.2 Å². The fraction of sp³-hybridized carbons (Fsp3) is 0.562. The fourth-order valence-electron chi connectivity index (χ4n) is 3.19. The van der Waals surface area contributed by atoms with Crippen molar-refractivity contribution in [3.05, 3.63) is 33.3 Å². The van der Waals surface area contributed by atoms with E-state index in [1.165, 1.54) is 31.0 Å². The van der Waals surface area contributed by atoms with E-state index < -0.39 is 4.92 Å². The average Bonchev–Trinajstić information content (AvgIpc) is 3.19. The highest BCUT2D eigenvalue weighted by molar-refractivity contribution is 6.32. The molecule has 1 aromatic rings. The summed E-state index contributed by atoms with van der Waals surface area (Å²) in [5.41, 5.74) is -0.170. The Hall–Kier alpha value is -1.82. The first-order valence-corrected chi connectivity index (χ1v) is 8.32. The molecule has 0 atom stereocenters. The topological polar surface area (TPSA) is 72.7 Å². The van der Waals surface area contributed by atoms with Crippen LogP contribution in [-0.2, 0) is 4.79 Å². The Morgan fingerprint density at radius 2 is 1.91 bits per heavy atom. The van der Waals surface area contributed by atoms with Crippen molar-refractivity contribution in [1.29, 1.82) is 0 Å². The van der Waals surface area contributed by atoms with Crippen LogP contribution in [0.1, 0.15) is 38.5 Å². The number of hydrogen-bond acceptors (Lipinski definition) is 4. The SMILES string of the molecule is O=C(COc1ccc([N+](=O)[O-])c(Cl)c1)N(C1CCCC1)C1CC1. The molecule has 0 aliphatic heterocycles. The number of benzene rings is 1. The number of halogens is 1. The van der Waals surface area contributed by atoms with Crippen molar-refractivity contribution in [3.8, 4) is 5.75 Å². The Balaban J connectivity index is 1.61. The van der Waals surface area contributed by atoms with Crippen LogP contribution in [0.25, 0.3) is 0 Å². The first kappa shape index (κ1) is 16.1. The maximum absolute atomic E-state index is 12.5. The van der Waals surface area contributed by atoms with E-state index in [1.807, 2.05) is 4.90 Å². The van der Waals surface area contributed by atoms with Crippen molar-refractivity contribution in [3.63, 3.8) is 0 Å². The monoisotopic (exact) mass is 338 g/mol. The van der Waals surface area contributed by atoms with Gasteiger partial charge in [-0.2, -0.15) is 0 Å². The third kappa shape index (κ3) is 3.75. The minimum absolute atomic E-state index is 0.00567. The second kappa shape index (κ2) is 6.74. The molecule has 0 radical (unpaired) electrons. The molecule has 1 amide bonds. The third-order valence-corrected chi connectivity index (χ3v) is 4.73. The van der Waals surface area contributed by atoms with Gasteiger partial charge in [0.25, 0.3) is 11.6 Å². The predicted molar refractivity (Wildman–Crippen MR) is 85.7 cm³/mol. The molecule has 2 aliphatic rings. The summed E-state index contributed by atoms with van der Waals surface area (Å²) in [6, 6.07) is 4.85. The second-order valence-corrected chi connectivity index (χ2v) is 6.54. The number of nitro groups is 1. The molecule has 0 spiro atoms. The van der Waals surface area contributed by atoms with E-state index in [0.29, 0.717) is 17.8 Å². The van der Waals surface area contributed by atoms with E-state index in [0.717, 1.165) is 25.7 Å². The molecular weight excluding hydrogens is 320 g/mol. The Labute approximate surface area is 139 Å². The summed E-state index contributed by atoms with van der Waals surface area (Å²) in [4.78, 5) is 24.7. The summed E-state index contributed by atoms with van der Waals surface area (Å²) in [6.45, 7) is -0.0544. The van der Waals surface area contributed by atoms with Crippen molar-refractivity contribution in [2.45, 2.75) is 50.6 Å². The fourth-order valence-corrected chi connectivity index (χ4v) is 3.43. The van der Waals surface area contributed by atoms with Gasteiger partial charge in [0.15, 0.2) is 6.61 Å². The van der Waals surface area contributed by atoms with Crippen molar-refractivity contribution in [2.24, 2.45) is 0 Å². The van der Waals surface area contributed by atoms with Crippen LogP contribution >= 0.6 is 11.6 Å². The zero-order valence-electron chi connectivity index (χ0n) is 12.7. The van der Waals surface area contributed by atoms with Gasteiger partial charge in [-0.1, -0.05) is 24.4 Å². The zero-order chi connectivity index (χ0) is 16.4. The Morgan fingerprint density at radius 1 is 1.26 bits per heavy atom. The molecule has 0 bridgehead atoms. The molecule has 0 N–H and O–H groups in total. The molecule has 2 aliphatic carbocycles. The van der Waals surface area contributed by atoms with E-state index in [1.54, 1.807) is 0 Å². The Bertz CT molecular complexity index is 612. The molecule has 6 nitrogen and oxygen atoms in total. The summed E-state index contributed by atoms with van der Waals surface area (Å²) in [6.07, 6.45) is 6.66. The second-order valence-electron chi connectivity index (χ2n) is 6.13. The van der Waals surface area contributed by atoms with Gasteiger partial charge in [-0.3, -0.25) is 14.9 Å². The van der Waals surface area contributed by atoms with Gasteiger partial charge in [0.1, 0.15) is 10.8 Å². The van der Waals surface area contributed by atoms with Crippen molar-refractivity contribution in [2.75, 3.05) is 6.61 Å². The summed E-state index contributed by atoms with van der Waals surface area (Å²) in [5.74, 6) is 0.366.